The van der Waals surface area contributed by atoms with E-state index >= 15 is 0 Å². The summed E-state index contributed by atoms with van der Waals surface area (Å²) >= 11 is 0. The van der Waals surface area contributed by atoms with E-state index in [9.17, 15) is 15.0 Å². The molecule has 2 aromatic rings. The molecule has 6 atom stereocenters. The monoisotopic (exact) mass is 385 g/mol. The van der Waals surface area contributed by atoms with E-state index in [0.717, 1.165) is 0 Å². The van der Waals surface area contributed by atoms with Crippen LogP contribution in [0.15, 0.2) is 18.9 Å². The summed E-state index contributed by atoms with van der Waals surface area (Å²) in [5.41, 5.74) is 6.79. The van der Waals surface area contributed by atoms with Crippen LogP contribution in [-0.2, 0) is 20.4 Å². The van der Waals surface area contributed by atoms with Crippen molar-refractivity contribution in [1.29, 1.82) is 0 Å². The second-order valence-corrected chi connectivity index (χ2v) is 8.67. The Balaban J connectivity index is 1.65. The minimum atomic E-state index is -1.09. The van der Waals surface area contributed by atoms with Gasteiger partial charge in [-0.1, -0.05) is 0 Å². The van der Waals surface area contributed by atoms with Crippen molar-refractivity contribution >= 4 is 28.0 Å². The van der Waals surface area contributed by atoms with Crippen LogP contribution in [0, 0.1) is 0 Å². The number of aromatic nitrogens is 4. The van der Waals surface area contributed by atoms with Gasteiger partial charge in [-0.05, 0) is 10.9 Å². The molecule has 0 spiro atoms. The summed E-state index contributed by atoms with van der Waals surface area (Å²) in [5, 5.41) is 29.6. The number of nitrogens with zero attached hydrogens (tertiary/aromatic N) is 3. The Morgan fingerprint density at radius 3 is 3.00 bits per heavy atom. The zero-order chi connectivity index (χ0) is 18.8. The molecule has 0 amide bonds. The fraction of sp³-hybridized carbons (Fsp3) is 0.600. The number of imidazole rings is 1. The topological polar surface area (TPSA) is 158 Å². The number of aliphatic hydroxyl groups excluding tert-OH is 2. The first-order valence-electron chi connectivity index (χ1n) is 8.16. The van der Waals surface area contributed by atoms with Gasteiger partial charge in [0.1, 0.15) is 42.2 Å². The number of carbonyl (C=O) groups is 1. The highest BCUT2D eigenvalue weighted by Crippen LogP contribution is 2.27. The van der Waals surface area contributed by atoms with E-state index in [0.29, 0.717) is 29.1 Å². The molecule has 0 aromatic carbocycles. The second-order valence-electron chi connectivity index (χ2n) is 6.37. The third-order valence-electron chi connectivity index (χ3n) is 4.47. The number of hydrogen-bond donors (Lipinski definition) is 5. The maximum absolute atomic E-state index is 10.8. The van der Waals surface area contributed by atoms with Gasteiger partial charge in [-0.3, -0.25) is 4.79 Å². The summed E-state index contributed by atoms with van der Waals surface area (Å²) in [7, 11) is -0.203. The molecule has 2 aromatic heterocycles. The number of aliphatic carboxylic acids is 1. The van der Waals surface area contributed by atoms with Crippen LogP contribution in [-0.4, -0.2) is 78.4 Å². The number of carboxylic acids is 1. The van der Waals surface area contributed by atoms with Crippen LogP contribution in [0.3, 0.4) is 0 Å². The zero-order valence-corrected chi connectivity index (χ0v) is 15.0. The van der Waals surface area contributed by atoms with E-state index in [2.05, 4.69) is 15.0 Å². The summed E-state index contributed by atoms with van der Waals surface area (Å²) in [6.07, 6.45) is 3.53. The molecule has 1 saturated heterocycles. The lowest BCUT2D eigenvalue weighted by Gasteiger charge is -2.13. The van der Waals surface area contributed by atoms with Crippen LogP contribution in [0.4, 0.5) is 0 Å². The second kappa shape index (κ2) is 7.84. The van der Waals surface area contributed by atoms with E-state index in [1.54, 1.807) is 17.1 Å². The predicted octanol–water partition coefficient (Wildman–Crippen LogP) is -2.09. The smallest absolute Gasteiger partial charge is 0.320 e. The van der Waals surface area contributed by atoms with Gasteiger partial charge in [0.15, 0.2) is 0 Å². The number of nitrogens with two attached hydrogens (primary N) is 1. The van der Waals surface area contributed by atoms with Crippen molar-refractivity contribution in [2.75, 3.05) is 17.8 Å². The highest BCUT2D eigenvalue weighted by molar-refractivity contribution is 7.96. The van der Waals surface area contributed by atoms with Crippen molar-refractivity contribution in [3.63, 3.8) is 0 Å². The highest BCUT2D eigenvalue weighted by atomic mass is 32.2. The van der Waals surface area contributed by atoms with Crippen LogP contribution in [0.2, 0.25) is 0 Å². The first-order valence-corrected chi connectivity index (χ1v) is 10.1. The maximum atomic E-state index is 10.8. The minimum Gasteiger partial charge on any atom is -0.480 e. The van der Waals surface area contributed by atoms with E-state index < -0.39 is 36.6 Å². The first-order chi connectivity index (χ1) is 12.4. The lowest BCUT2D eigenvalue weighted by atomic mass is 10.1. The fourth-order valence-corrected chi connectivity index (χ4v) is 4.60. The van der Waals surface area contributed by atoms with Crippen molar-refractivity contribution < 1.29 is 29.4 Å². The van der Waals surface area contributed by atoms with Gasteiger partial charge in [-0.15, -0.1) is 0 Å². The zero-order valence-electron chi connectivity index (χ0n) is 14.2. The SMILES string of the molecule is C[S+](CC[C@H](N)C(=O)O)C[C@H]1O[C@@H]([n+]2c[nH]c3ncncc32)C(O)[C@H]1O. The van der Waals surface area contributed by atoms with E-state index in [1.165, 1.54) is 6.33 Å². The van der Waals surface area contributed by atoms with Gasteiger partial charge >= 0.3 is 5.97 Å². The Hall–Kier alpha value is -1.79. The van der Waals surface area contributed by atoms with Crippen molar-refractivity contribution in [2.24, 2.45) is 5.73 Å². The van der Waals surface area contributed by atoms with Gasteiger partial charge in [0.05, 0.1) is 12.5 Å². The molecule has 11 heteroatoms. The number of aromatic amines is 1. The maximum Gasteiger partial charge on any atom is 0.320 e. The number of aliphatic hydroxyl groups is 2. The molecule has 10 nitrogen and oxygen atoms in total. The quantitative estimate of drug-likeness (QED) is 0.268. The van der Waals surface area contributed by atoms with E-state index in [1.807, 2.05) is 6.26 Å². The van der Waals surface area contributed by atoms with Gasteiger partial charge in [-0.2, -0.15) is 9.55 Å². The molecule has 3 heterocycles. The van der Waals surface area contributed by atoms with Crippen LogP contribution in [0.25, 0.3) is 11.2 Å². The van der Waals surface area contributed by atoms with Crippen molar-refractivity contribution in [1.82, 2.24) is 15.0 Å². The molecule has 0 aliphatic carbocycles. The molecule has 0 bridgehead atoms. The molecule has 142 valence electrons. The average Bonchev–Trinajstić information content (AvgIpc) is 3.16. The third kappa shape index (κ3) is 3.81. The number of fused-ring (bicyclic) bond motifs is 1. The number of H-pyrrole nitrogens is 1. The van der Waals surface area contributed by atoms with Crippen molar-refractivity contribution in [3.05, 3.63) is 18.9 Å². The Kier molecular flexibility index (Phi) is 5.73. The van der Waals surface area contributed by atoms with Gasteiger partial charge < -0.3 is 25.8 Å². The average molecular weight is 385 g/mol. The van der Waals surface area contributed by atoms with E-state index in [-0.39, 0.29) is 10.9 Å². The first kappa shape index (κ1) is 19.0. The van der Waals surface area contributed by atoms with Crippen LogP contribution in [0.5, 0.6) is 0 Å². The number of nitrogens with one attached hydrogen (secondary N) is 1. The standard InChI is InChI=1S/C15H21N5O5S/c1-26(3-2-8(16)15(23)24)5-10-11(21)12(22)14(25-10)20-7-19-13-9(20)4-17-6-18-13/h4,6-8,10-12,14,21-22H,2-3,5,16H2,1H3/p+2/t8-,10+,11-,12?,14+,26?/m0/s1. The summed E-state index contributed by atoms with van der Waals surface area (Å²) in [4.78, 5) is 21.8. The molecule has 1 aliphatic rings. The summed E-state index contributed by atoms with van der Waals surface area (Å²) in [6.45, 7) is 0. The molecule has 26 heavy (non-hydrogen) atoms. The van der Waals surface area contributed by atoms with Gasteiger partial charge in [-0.25, -0.2) is 9.97 Å². The number of ether oxygens (including phenoxy) is 1. The van der Waals surface area contributed by atoms with Gasteiger partial charge in [0.2, 0.25) is 18.1 Å². The van der Waals surface area contributed by atoms with Crippen LogP contribution in [0.1, 0.15) is 12.6 Å². The number of carboxylic acid groups (broad SMARTS) is 1. The minimum absolute atomic E-state index is 0.203. The normalized spacial score (nSPS) is 28.3. The molecule has 1 fully saturated rings. The fourth-order valence-electron chi connectivity index (χ4n) is 2.95. The molecule has 3 rings (SSSR count). The number of rotatable bonds is 7. The summed E-state index contributed by atoms with van der Waals surface area (Å²) < 4.78 is 7.57. The molecule has 0 radical (unpaired) electrons. The predicted molar refractivity (Wildman–Crippen MR) is 93.3 cm³/mol. The number of hydrogen-bond acceptors (Lipinski definition) is 7. The molecular formula is C15H23N5O5S+2. The van der Waals surface area contributed by atoms with Gasteiger partial charge in [0, 0.05) is 6.42 Å². The lowest BCUT2D eigenvalue weighted by molar-refractivity contribution is -0.743. The highest BCUT2D eigenvalue weighted by Gasteiger charge is 2.49. The lowest BCUT2D eigenvalue weighted by Crippen LogP contribution is -2.45. The molecular weight excluding hydrogens is 362 g/mol. The molecule has 0 saturated carbocycles. The van der Waals surface area contributed by atoms with Crippen molar-refractivity contribution in [3.8, 4) is 0 Å². The molecule has 6 N–H and O–H groups in total. The van der Waals surface area contributed by atoms with Crippen molar-refractivity contribution in [2.45, 2.75) is 37.0 Å². The molecule has 2 unspecified atom stereocenters. The Morgan fingerprint density at radius 2 is 2.27 bits per heavy atom. The Bertz CT molecular complexity index is 774. The van der Waals surface area contributed by atoms with E-state index in [4.69, 9.17) is 15.6 Å². The largest absolute Gasteiger partial charge is 0.480 e. The third-order valence-corrected chi connectivity index (χ3v) is 6.30. The van der Waals surface area contributed by atoms with Crippen LogP contribution < -0.4 is 10.3 Å². The summed E-state index contributed by atoms with van der Waals surface area (Å²) in [6, 6.07) is -0.889. The van der Waals surface area contributed by atoms with Gasteiger partial charge in [0.25, 0.3) is 5.65 Å². The summed E-state index contributed by atoms with van der Waals surface area (Å²) in [5.74, 6) is 0.114. The van der Waals surface area contributed by atoms with Crippen LogP contribution >= 0.6 is 0 Å². The molecule has 1 aliphatic heterocycles. The Morgan fingerprint density at radius 1 is 1.50 bits per heavy atom. The Labute approximate surface area is 152 Å².